The second kappa shape index (κ2) is 6.20. The second-order valence-electron chi connectivity index (χ2n) is 4.43. The first kappa shape index (κ1) is 13.4. The summed E-state index contributed by atoms with van der Waals surface area (Å²) in [5, 5.41) is 6.73. The molecule has 0 aromatic carbocycles. The van der Waals surface area contributed by atoms with Gasteiger partial charge < -0.3 is 10.6 Å². The third-order valence-corrected chi connectivity index (χ3v) is 3.41. The van der Waals surface area contributed by atoms with Gasteiger partial charge in [0.25, 0.3) is 0 Å². The summed E-state index contributed by atoms with van der Waals surface area (Å²) in [7, 11) is 1.79. The van der Waals surface area contributed by atoms with Crippen LogP contribution in [0.5, 0.6) is 0 Å². The van der Waals surface area contributed by atoms with Crippen LogP contribution in [-0.4, -0.2) is 47.6 Å². The number of halogens is 1. The van der Waals surface area contributed by atoms with E-state index in [9.17, 15) is 0 Å². The molecule has 1 aromatic heterocycles. The van der Waals surface area contributed by atoms with Gasteiger partial charge in [-0.05, 0) is 19.4 Å². The Morgan fingerprint density at radius 2 is 2.28 bits per heavy atom. The zero-order chi connectivity index (χ0) is 13.0. The van der Waals surface area contributed by atoms with Gasteiger partial charge in [-0.25, -0.2) is 4.98 Å². The molecule has 0 bridgehead atoms. The Kier molecular flexibility index (Phi) is 4.60. The fraction of sp³-hybridized carbons (Fsp3) is 0.667. The van der Waals surface area contributed by atoms with Gasteiger partial charge in [0.1, 0.15) is 5.02 Å². The molecule has 1 fully saturated rings. The summed E-state index contributed by atoms with van der Waals surface area (Å²) in [5.41, 5.74) is 0. The van der Waals surface area contributed by atoms with Crippen molar-refractivity contribution in [2.75, 3.05) is 37.3 Å². The predicted octanol–water partition coefficient (Wildman–Crippen LogP) is 2.07. The van der Waals surface area contributed by atoms with Crippen LogP contribution in [0.4, 0.5) is 11.8 Å². The van der Waals surface area contributed by atoms with Crippen molar-refractivity contribution >= 4 is 23.4 Å². The Hall–Kier alpha value is -1.07. The topological polar surface area (TPSA) is 53.1 Å². The van der Waals surface area contributed by atoms with Gasteiger partial charge in [0.2, 0.25) is 5.95 Å². The van der Waals surface area contributed by atoms with E-state index in [0.29, 0.717) is 16.8 Å². The molecule has 1 aliphatic carbocycles. The summed E-state index contributed by atoms with van der Waals surface area (Å²) in [6.07, 6.45) is 4.29. The van der Waals surface area contributed by atoms with Crippen molar-refractivity contribution in [3.8, 4) is 0 Å². The number of aromatic nitrogens is 2. The van der Waals surface area contributed by atoms with Crippen molar-refractivity contribution in [1.82, 2.24) is 14.9 Å². The molecular weight excluding hydrogens is 250 g/mol. The average molecular weight is 270 g/mol. The van der Waals surface area contributed by atoms with Crippen LogP contribution in [0.1, 0.15) is 19.8 Å². The van der Waals surface area contributed by atoms with Crippen LogP contribution < -0.4 is 10.6 Å². The van der Waals surface area contributed by atoms with Gasteiger partial charge in [-0.15, -0.1) is 0 Å². The van der Waals surface area contributed by atoms with Crippen LogP contribution >= 0.6 is 11.6 Å². The largest absolute Gasteiger partial charge is 0.367 e. The number of rotatable bonds is 7. The molecule has 6 heteroatoms. The molecule has 2 N–H and O–H groups in total. The van der Waals surface area contributed by atoms with Crippen LogP contribution in [0.15, 0.2) is 6.20 Å². The second-order valence-corrected chi connectivity index (χ2v) is 4.83. The molecule has 0 amide bonds. The van der Waals surface area contributed by atoms with Gasteiger partial charge in [-0.2, -0.15) is 4.98 Å². The first-order chi connectivity index (χ1) is 8.74. The van der Waals surface area contributed by atoms with Crippen molar-refractivity contribution in [2.45, 2.75) is 25.8 Å². The van der Waals surface area contributed by atoms with E-state index in [1.807, 2.05) is 0 Å². The quantitative estimate of drug-likeness (QED) is 0.794. The van der Waals surface area contributed by atoms with Crippen molar-refractivity contribution in [1.29, 1.82) is 0 Å². The maximum absolute atomic E-state index is 6.05. The van der Waals surface area contributed by atoms with Gasteiger partial charge in [0, 0.05) is 26.2 Å². The smallest absolute Gasteiger partial charge is 0.224 e. The number of nitrogens with one attached hydrogen (secondary N) is 2. The molecule has 5 nitrogen and oxygen atoms in total. The van der Waals surface area contributed by atoms with Gasteiger partial charge >= 0.3 is 0 Å². The van der Waals surface area contributed by atoms with Gasteiger partial charge in [-0.1, -0.05) is 18.5 Å². The molecule has 1 aliphatic rings. The molecule has 0 aliphatic heterocycles. The number of likely N-dealkylation sites (N-methyl/N-ethyl adjacent to an activating group) is 1. The highest BCUT2D eigenvalue weighted by Gasteiger charge is 2.27. The first-order valence-electron chi connectivity index (χ1n) is 6.42. The minimum absolute atomic E-state index is 0.559. The highest BCUT2D eigenvalue weighted by molar-refractivity contribution is 6.32. The highest BCUT2D eigenvalue weighted by atomic mass is 35.5. The van der Waals surface area contributed by atoms with Gasteiger partial charge in [0.15, 0.2) is 5.82 Å². The van der Waals surface area contributed by atoms with Crippen LogP contribution in [0.3, 0.4) is 0 Å². The maximum Gasteiger partial charge on any atom is 0.224 e. The Labute approximate surface area is 113 Å². The summed E-state index contributed by atoms with van der Waals surface area (Å²) >= 11 is 6.05. The zero-order valence-corrected chi connectivity index (χ0v) is 11.7. The van der Waals surface area contributed by atoms with E-state index in [4.69, 9.17) is 11.6 Å². The van der Waals surface area contributed by atoms with E-state index in [1.165, 1.54) is 12.8 Å². The van der Waals surface area contributed by atoms with E-state index in [0.717, 1.165) is 25.7 Å². The van der Waals surface area contributed by atoms with Gasteiger partial charge in [0.05, 0.1) is 6.20 Å². The van der Waals surface area contributed by atoms with E-state index < -0.39 is 0 Å². The van der Waals surface area contributed by atoms with E-state index in [1.54, 1.807) is 13.2 Å². The predicted molar refractivity (Wildman–Crippen MR) is 75.3 cm³/mol. The van der Waals surface area contributed by atoms with E-state index in [-0.39, 0.29) is 0 Å². The molecule has 0 spiro atoms. The molecule has 1 aromatic rings. The van der Waals surface area contributed by atoms with Gasteiger partial charge in [-0.3, -0.25) is 4.90 Å². The van der Waals surface area contributed by atoms with Crippen LogP contribution in [0, 0.1) is 0 Å². The standard InChI is InChI=1S/C12H20ClN5/c1-3-18(9-4-5-9)7-6-15-11-10(13)8-16-12(14-2)17-11/h8-9H,3-7H2,1-2H3,(H2,14,15,16,17). The molecule has 18 heavy (non-hydrogen) atoms. The summed E-state index contributed by atoms with van der Waals surface area (Å²) in [6, 6.07) is 0.797. The Morgan fingerprint density at radius 1 is 1.50 bits per heavy atom. The minimum atomic E-state index is 0.559. The highest BCUT2D eigenvalue weighted by Crippen LogP contribution is 2.26. The normalized spacial score (nSPS) is 14.9. The molecular formula is C12H20ClN5. The van der Waals surface area contributed by atoms with Crippen molar-refractivity contribution in [3.63, 3.8) is 0 Å². The summed E-state index contributed by atoms with van der Waals surface area (Å²) in [5.74, 6) is 1.28. The Bertz CT molecular complexity index is 394. The lowest BCUT2D eigenvalue weighted by Crippen LogP contribution is -2.31. The fourth-order valence-corrected chi connectivity index (χ4v) is 2.13. The molecule has 100 valence electrons. The molecule has 2 rings (SSSR count). The SMILES string of the molecule is CCN(CCNc1nc(NC)ncc1Cl)C1CC1. The van der Waals surface area contributed by atoms with Crippen LogP contribution in [0.25, 0.3) is 0 Å². The van der Waals surface area contributed by atoms with Crippen LogP contribution in [-0.2, 0) is 0 Å². The van der Waals surface area contributed by atoms with E-state index >= 15 is 0 Å². The lowest BCUT2D eigenvalue weighted by molar-refractivity contribution is 0.289. The number of hydrogen-bond donors (Lipinski definition) is 2. The van der Waals surface area contributed by atoms with Crippen molar-refractivity contribution in [3.05, 3.63) is 11.2 Å². The lowest BCUT2D eigenvalue weighted by atomic mass is 10.4. The lowest BCUT2D eigenvalue weighted by Gasteiger charge is -2.20. The Morgan fingerprint density at radius 3 is 2.89 bits per heavy atom. The third-order valence-electron chi connectivity index (χ3n) is 3.13. The molecule has 1 saturated carbocycles. The molecule has 1 heterocycles. The maximum atomic E-state index is 6.05. The number of nitrogens with zero attached hydrogens (tertiary/aromatic N) is 3. The summed E-state index contributed by atoms with van der Waals surface area (Å²) in [6.45, 7) is 5.18. The molecule has 0 saturated heterocycles. The van der Waals surface area contributed by atoms with Crippen molar-refractivity contribution in [2.24, 2.45) is 0 Å². The fourth-order valence-electron chi connectivity index (χ4n) is 1.97. The van der Waals surface area contributed by atoms with E-state index in [2.05, 4.69) is 32.4 Å². The number of hydrogen-bond acceptors (Lipinski definition) is 5. The Balaban J connectivity index is 1.85. The summed E-state index contributed by atoms with van der Waals surface area (Å²) < 4.78 is 0. The van der Waals surface area contributed by atoms with Crippen LogP contribution in [0.2, 0.25) is 5.02 Å². The minimum Gasteiger partial charge on any atom is -0.367 e. The zero-order valence-electron chi connectivity index (χ0n) is 10.9. The first-order valence-corrected chi connectivity index (χ1v) is 6.80. The third kappa shape index (κ3) is 3.46. The summed E-state index contributed by atoms with van der Waals surface area (Å²) in [4.78, 5) is 10.8. The monoisotopic (exact) mass is 269 g/mol. The molecule has 0 atom stereocenters. The van der Waals surface area contributed by atoms with Crippen molar-refractivity contribution < 1.29 is 0 Å². The average Bonchev–Trinajstić information content (AvgIpc) is 3.21. The molecule has 0 unspecified atom stereocenters. The molecule has 0 radical (unpaired) electrons. The number of anilines is 2.